The van der Waals surface area contributed by atoms with Crippen molar-refractivity contribution in [3.8, 4) is 11.5 Å². The van der Waals surface area contributed by atoms with Gasteiger partial charge in [0, 0.05) is 11.1 Å². The van der Waals surface area contributed by atoms with E-state index < -0.39 is 0 Å². The average Bonchev–Trinajstić information content (AvgIpc) is 2.94. The predicted molar refractivity (Wildman–Crippen MR) is 99.3 cm³/mol. The van der Waals surface area contributed by atoms with Crippen LogP contribution in [0.5, 0.6) is 11.5 Å². The lowest BCUT2D eigenvalue weighted by molar-refractivity contribution is 0.103. The van der Waals surface area contributed by atoms with Crippen molar-refractivity contribution in [2.75, 3.05) is 19.5 Å². The molecule has 124 valence electrons. The first-order valence-corrected chi connectivity index (χ1v) is 8.52. The number of hydrogen-bond acceptors (Lipinski definition) is 4. The number of amides is 1. The second kappa shape index (κ2) is 6.89. The van der Waals surface area contributed by atoms with Crippen LogP contribution in [0.15, 0.2) is 36.4 Å². The summed E-state index contributed by atoms with van der Waals surface area (Å²) < 4.78 is 11.0. The number of hydrogen-bond donors (Lipinski definition) is 1. The van der Waals surface area contributed by atoms with Crippen LogP contribution in [-0.4, -0.2) is 20.1 Å². The summed E-state index contributed by atoms with van der Waals surface area (Å²) in [6.45, 7) is 0. The highest BCUT2D eigenvalue weighted by Gasteiger charge is 2.20. The van der Waals surface area contributed by atoms with Crippen molar-refractivity contribution in [1.82, 2.24) is 0 Å². The fourth-order valence-corrected chi connectivity index (χ4v) is 4.04. The number of nitrogens with one attached hydrogen (secondary N) is 1. The van der Waals surface area contributed by atoms with Gasteiger partial charge in [-0.1, -0.05) is 23.2 Å². The van der Waals surface area contributed by atoms with E-state index in [9.17, 15) is 4.79 Å². The number of halogens is 2. The lowest BCUT2D eigenvalue weighted by Crippen LogP contribution is -2.10. The Bertz CT molecular complexity index is 906. The molecule has 0 aliphatic rings. The van der Waals surface area contributed by atoms with E-state index >= 15 is 0 Å². The molecule has 0 fully saturated rings. The Labute approximate surface area is 152 Å². The Balaban J connectivity index is 1.94. The van der Waals surface area contributed by atoms with Crippen molar-refractivity contribution in [3.05, 3.63) is 51.3 Å². The van der Waals surface area contributed by atoms with Gasteiger partial charge < -0.3 is 14.8 Å². The molecule has 0 unspecified atom stereocenters. The first-order valence-electron chi connectivity index (χ1n) is 6.95. The van der Waals surface area contributed by atoms with Crippen LogP contribution in [0.1, 0.15) is 9.67 Å². The van der Waals surface area contributed by atoms with Gasteiger partial charge in [-0.3, -0.25) is 4.79 Å². The zero-order chi connectivity index (χ0) is 17.3. The van der Waals surface area contributed by atoms with Gasteiger partial charge >= 0.3 is 0 Å². The van der Waals surface area contributed by atoms with Crippen molar-refractivity contribution >= 4 is 56.2 Å². The molecule has 0 saturated carbocycles. The van der Waals surface area contributed by atoms with Crippen LogP contribution in [0.25, 0.3) is 10.1 Å². The van der Waals surface area contributed by atoms with Crippen molar-refractivity contribution in [2.45, 2.75) is 0 Å². The molecule has 7 heteroatoms. The molecule has 1 amide bonds. The number of carbonyl (C=O) groups is 1. The zero-order valence-corrected chi connectivity index (χ0v) is 15.2. The Morgan fingerprint density at radius 2 is 1.71 bits per heavy atom. The summed E-state index contributed by atoms with van der Waals surface area (Å²) >= 11 is 13.9. The topological polar surface area (TPSA) is 47.6 Å². The Kier molecular flexibility index (Phi) is 4.85. The molecule has 0 bridgehead atoms. The van der Waals surface area contributed by atoms with Gasteiger partial charge in [0.15, 0.2) is 0 Å². The molecule has 3 rings (SSSR count). The van der Waals surface area contributed by atoms with E-state index in [1.54, 1.807) is 50.6 Å². The van der Waals surface area contributed by atoms with E-state index in [2.05, 4.69) is 5.32 Å². The summed E-state index contributed by atoms with van der Waals surface area (Å²) in [6.07, 6.45) is 0. The number of fused-ring (bicyclic) bond motifs is 1. The standard InChI is InChI=1S/C17H13Cl2NO3S/c1-22-10-5-3-9(4-6-10)20-17(21)16-13(18)11-7-8-12(23-2)14(19)15(11)24-16/h3-8H,1-2H3,(H,20,21). The second-order valence-electron chi connectivity index (χ2n) is 4.89. The van der Waals surface area contributed by atoms with Crippen LogP contribution in [0.4, 0.5) is 5.69 Å². The predicted octanol–water partition coefficient (Wildman–Crippen LogP) is 5.48. The highest BCUT2D eigenvalue weighted by atomic mass is 35.5. The highest BCUT2D eigenvalue weighted by Crippen LogP contribution is 2.43. The summed E-state index contributed by atoms with van der Waals surface area (Å²) in [5.41, 5.74) is 0.651. The quantitative estimate of drug-likeness (QED) is 0.650. The maximum absolute atomic E-state index is 12.5. The van der Waals surface area contributed by atoms with Crippen molar-refractivity contribution in [3.63, 3.8) is 0 Å². The van der Waals surface area contributed by atoms with E-state index in [0.29, 0.717) is 32.1 Å². The molecule has 1 N–H and O–H groups in total. The number of methoxy groups -OCH3 is 2. The Hall–Kier alpha value is -1.95. The van der Waals surface area contributed by atoms with Crippen LogP contribution < -0.4 is 14.8 Å². The summed E-state index contributed by atoms with van der Waals surface area (Å²) in [6, 6.07) is 10.6. The number of rotatable bonds is 4. The number of benzene rings is 2. The molecule has 24 heavy (non-hydrogen) atoms. The smallest absolute Gasteiger partial charge is 0.267 e. The minimum absolute atomic E-state index is 0.290. The molecule has 4 nitrogen and oxygen atoms in total. The largest absolute Gasteiger partial charge is 0.497 e. The maximum atomic E-state index is 12.5. The van der Waals surface area contributed by atoms with E-state index in [1.165, 1.54) is 11.3 Å². The molecule has 0 aliphatic carbocycles. The zero-order valence-electron chi connectivity index (χ0n) is 12.9. The van der Waals surface area contributed by atoms with Gasteiger partial charge in [-0.2, -0.15) is 0 Å². The van der Waals surface area contributed by atoms with Gasteiger partial charge in [0.05, 0.1) is 23.9 Å². The van der Waals surface area contributed by atoms with Crippen LogP contribution in [0.2, 0.25) is 10.0 Å². The van der Waals surface area contributed by atoms with E-state index in [1.807, 2.05) is 0 Å². The lowest BCUT2D eigenvalue weighted by atomic mass is 10.2. The van der Waals surface area contributed by atoms with Crippen LogP contribution >= 0.6 is 34.5 Å². The van der Waals surface area contributed by atoms with Gasteiger partial charge in [0.25, 0.3) is 5.91 Å². The fraction of sp³-hybridized carbons (Fsp3) is 0.118. The van der Waals surface area contributed by atoms with Crippen LogP contribution in [0, 0.1) is 0 Å². The summed E-state index contributed by atoms with van der Waals surface area (Å²) in [4.78, 5) is 12.9. The summed E-state index contributed by atoms with van der Waals surface area (Å²) in [5.74, 6) is 0.970. The Morgan fingerprint density at radius 1 is 1.00 bits per heavy atom. The van der Waals surface area contributed by atoms with Gasteiger partial charge in [0.2, 0.25) is 0 Å². The molecule has 3 aromatic rings. The minimum Gasteiger partial charge on any atom is -0.497 e. The monoisotopic (exact) mass is 381 g/mol. The van der Waals surface area contributed by atoms with Gasteiger partial charge in [0.1, 0.15) is 21.4 Å². The van der Waals surface area contributed by atoms with Crippen molar-refractivity contribution in [2.24, 2.45) is 0 Å². The molecular weight excluding hydrogens is 369 g/mol. The third-order valence-corrected chi connectivity index (χ3v) is 5.69. The second-order valence-corrected chi connectivity index (χ2v) is 6.66. The fourth-order valence-electron chi connectivity index (χ4n) is 2.25. The highest BCUT2D eigenvalue weighted by molar-refractivity contribution is 7.22. The van der Waals surface area contributed by atoms with E-state index in [-0.39, 0.29) is 5.91 Å². The SMILES string of the molecule is COc1ccc(NC(=O)c2sc3c(Cl)c(OC)ccc3c2Cl)cc1. The molecule has 0 saturated heterocycles. The average molecular weight is 382 g/mol. The molecule has 0 spiro atoms. The molecule has 0 aliphatic heterocycles. The number of carbonyl (C=O) groups excluding carboxylic acids is 1. The molecule has 0 radical (unpaired) electrons. The van der Waals surface area contributed by atoms with Crippen molar-refractivity contribution < 1.29 is 14.3 Å². The normalized spacial score (nSPS) is 10.7. The van der Waals surface area contributed by atoms with Crippen LogP contribution in [-0.2, 0) is 0 Å². The van der Waals surface area contributed by atoms with Crippen molar-refractivity contribution in [1.29, 1.82) is 0 Å². The van der Waals surface area contributed by atoms with Crippen LogP contribution in [0.3, 0.4) is 0 Å². The first kappa shape index (κ1) is 16.9. The number of anilines is 1. The number of thiophene rings is 1. The van der Waals surface area contributed by atoms with Gasteiger partial charge in [-0.25, -0.2) is 0 Å². The Morgan fingerprint density at radius 3 is 2.33 bits per heavy atom. The van der Waals surface area contributed by atoms with E-state index in [4.69, 9.17) is 32.7 Å². The first-order chi connectivity index (χ1) is 11.5. The van der Waals surface area contributed by atoms with E-state index in [0.717, 1.165) is 10.1 Å². The van der Waals surface area contributed by atoms with Gasteiger partial charge in [-0.05, 0) is 36.4 Å². The van der Waals surface area contributed by atoms with Gasteiger partial charge in [-0.15, -0.1) is 11.3 Å². The lowest BCUT2D eigenvalue weighted by Gasteiger charge is -2.05. The summed E-state index contributed by atoms with van der Waals surface area (Å²) in [7, 11) is 3.13. The third kappa shape index (κ3) is 3.02. The molecule has 0 atom stereocenters. The summed E-state index contributed by atoms with van der Waals surface area (Å²) in [5, 5.41) is 4.38. The molecule has 2 aromatic carbocycles. The maximum Gasteiger partial charge on any atom is 0.267 e. The third-order valence-electron chi connectivity index (χ3n) is 3.48. The number of ether oxygens (including phenoxy) is 2. The molecule has 1 aromatic heterocycles. The minimum atomic E-state index is -0.290. The molecule has 1 heterocycles. The molecular formula is C17H13Cl2NO3S.